The summed E-state index contributed by atoms with van der Waals surface area (Å²) in [6, 6.07) is 15.4. The molecule has 18 heavy (non-hydrogen) atoms. The molecule has 0 spiro atoms. The third-order valence-corrected chi connectivity index (χ3v) is 3.49. The molecule has 1 heteroatoms. The van der Waals surface area contributed by atoms with Gasteiger partial charge in [0.1, 0.15) is 0 Å². The summed E-state index contributed by atoms with van der Waals surface area (Å²) >= 11 is 0. The van der Waals surface area contributed by atoms with Crippen LogP contribution in [0.15, 0.2) is 42.5 Å². The van der Waals surface area contributed by atoms with E-state index in [-0.39, 0.29) is 6.04 Å². The first-order chi connectivity index (χ1) is 8.56. The lowest BCUT2D eigenvalue weighted by Gasteiger charge is -2.08. The van der Waals surface area contributed by atoms with Gasteiger partial charge in [-0.25, -0.2) is 0 Å². The van der Waals surface area contributed by atoms with Gasteiger partial charge in [0.15, 0.2) is 0 Å². The van der Waals surface area contributed by atoms with Crippen molar-refractivity contribution in [3.8, 4) is 0 Å². The molecule has 2 aromatic carbocycles. The van der Waals surface area contributed by atoms with Crippen molar-refractivity contribution in [2.75, 3.05) is 0 Å². The molecule has 2 rings (SSSR count). The van der Waals surface area contributed by atoms with E-state index >= 15 is 0 Å². The van der Waals surface area contributed by atoms with Crippen molar-refractivity contribution in [2.45, 2.75) is 33.2 Å². The van der Waals surface area contributed by atoms with Gasteiger partial charge in [-0.15, -0.1) is 0 Å². The van der Waals surface area contributed by atoms with Crippen molar-refractivity contribution in [1.82, 2.24) is 0 Å². The molecule has 2 N–H and O–H groups in total. The zero-order valence-corrected chi connectivity index (χ0v) is 11.4. The molecule has 0 aromatic heterocycles. The first kappa shape index (κ1) is 12.8. The SMILES string of the molecule is Cc1ccc(Cc2ccc(C(C)N)cc2)cc1C. The molecule has 0 aliphatic heterocycles. The number of hydrogen-bond acceptors (Lipinski definition) is 1. The summed E-state index contributed by atoms with van der Waals surface area (Å²) in [5.41, 5.74) is 12.5. The van der Waals surface area contributed by atoms with Crippen LogP contribution in [0, 0.1) is 13.8 Å². The minimum Gasteiger partial charge on any atom is -0.324 e. The van der Waals surface area contributed by atoms with Gasteiger partial charge in [-0.3, -0.25) is 0 Å². The van der Waals surface area contributed by atoms with E-state index in [2.05, 4.69) is 56.3 Å². The second-order valence-electron chi connectivity index (χ2n) is 5.13. The molecule has 0 saturated carbocycles. The minimum atomic E-state index is 0.112. The largest absolute Gasteiger partial charge is 0.324 e. The smallest absolute Gasteiger partial charge is 0.0266 e. The van der Waals surface area contributed by atoms with E-state index in [0.29, 0.717) is 0 Å². The summed E-state index contributed by atoms with van der Waals surface area (Å²) in [5, 5.41) is 0. The molecule has 0 amide bonds. The van der Waals surface area contributed by atoms with Crippen LogP contribution in [0.3, 0.4) is 0 Å². The first-order valence-electron chi connectivity index (χ1n) is 6.47. The summed E-state index contributed by atoms with van der Waals surface area (Å²) < 4.78 is 0. The van der Waals surface area contributed by atoms with Crippen LogP contribution in [0.1, 0.15) is 40.8 Å². The van der Waals surface area contributed by atoms with E-state index in [9.17, 15) is 0 Å². The fourth-order valence-electron chi connectivity index (χ4n) is 2.09. The Hall–Kier alpha value is -1.60. The van der Waals surface area contributed by atoms with Gasteiger partial charge in [0.05, 0.1) is 0 Å². The summed E-state index contributed by atoms with van der Waals surface area (Å²) in [5.74, 6) is 0. The molecule has 0 fully saturated rings. The first-order valence-corrected chi connectivity index (χ1v) is 6.47. The second-order valence-corrected chi connectivity index (χ2v) is 5.13. The van der Waals surface area contributed by atoms with Gasteiger partial charge >= 0.3 is 0 Å². The lowest BCUT2D eigenvalue weighted by molar-refractivity contribution is 0.817. The van der Waals surface area contributed by atoms with E-state index in [1.165, 1.54) is 27.8 Å². The Labute approximate surface area is 110 Å². The monoisotopic (exact) mass is 239 g/mol. The van der Waals surface area contributed by atoms with Gasteiger partial charge in [-0.05, 0) is 55.0 Å². The average Bonchev–Trinajstić information content (AvgIpc) is 2.34. The van der Waals surface area contributed by atoms with Crippen molar-refractivity contribution in [1.29, 1.82) is 0 Å². The number of nitrogens with two attached hydrogens (primary N) is 1. The Kier molecular flexibility index (Phi) is 3.83. The Morgan fingerprint density at radius 2 is 1.50 bits per heavy atom. The highest BCUT2D eigenvalue weighted by atomic mass is 14.6. The number of benzene rings is 2. The Morgan fingerprint density at radius 1 is 0.889 bits per heavy atom. The van der Waals surface area contributed by atoms with Crippen LogP contribution in [-0.2, 0) is 6.42 Å². The highest BCUT2D eigenvalue weighted by Gasteiger charge is 2.01. The van der Waals surface area contributed by atoms with Gasteiger partial charge in [0.25, 0.3) is 0 Å². The molecular weight excluding hydrogens is 218 g/mol. The van der Waals surface area contributed by atoms with Crippen molar-refractivity contribution in [3.05, 3.63) is 70.3 Å². The Morgan fingerprint density at radius 3 is 2.06 bits per heavy atom. The fraction of sp³-hybridized carbons (Fsp3) is 0.294. The van der Waals surface area contributed by atoms with Crippen LogP contribution >= 0.6 is 0 Å². The lowest BCUT2D eigenvalue weighted by Crippen LogP contribution is -2.04. The van der Waals surface area contributed by atoms with Gasteiger partial charge in [0, 0.05) is 6.04 Å². The molecule has 0 saturated heterocycles. The van der Waals surface area contributed by atoms with Gasteiger partial charge in [-0.2, -0.15) is 0 Å². The Bertz CT molecular complexity index is 524. The summed E-state index contributed by atoms with van der Waals surface area (Å²) in [4.78, 5) is 0. The predicted octanol–water partition coefficient (Wildman–Crippen LogP) is 3.91. The summed E-state index contributed by atoms with van der Waals surface area (Å²) in [6.07, 6.45) is 0.986. The molecule has 1 unspecified atom stereocenters. The molecule has 0 bridgehead atoms. The normalized spacial score (nSPS) is 12.4. The number of rotatable bonds is 3. The van der Waals surface area contributed by atoms with Crippen LogP contribution in [0.4, 0.5) is 0 Å². The van der Waals surface area contributed by atoms with Gasteiger partial charge in [0.2, 0.25) is 0 Å². The van der Waals surface area contributed by atoms with Crippen LogP contribution in [0.5, 0.6) is 0 Å². The van der Waals surface area contributed by atoms with E-state index in [1.54, 1.807) is 0 Å². The highest BCUT2D eigenvalue weighted by molar-refractivity contribution is 5.34. The second kappa shape index (κ2) is 5.36. The van der Waals surface area contributed by atoms with Crippen molar-refractivity contribution < 1.29 is 0 Å². The van der Waals surface area contributed by atoms with Crippen LogP contribution in [0.2, 0.25) is 0 Å². The predicted molar refractivity (Wildman–Crippen MR) is 77.8 cm³/mol. The van der Waals surface area contributed by atoms with Crippen LogP contribution < -0.4 is 5.73 Å². The van der Waals surface area contributed by atoms with Crippen molar-refractivity contribution >= 4 is 0 Å². The standard InChI is InChI=1S/C17H21N/c1-12-4-5-16(10-13(12)2)11-15-6-8-17(9-7-15)14(3)18/h4-10,14H,11,18H2,1-3H3. The third kappa shape index (κ3) is 2.99. The van der Waals surface area contributed by atoms with Crippen LogP contribution in [0.25, 0.3) is 0 Å². The molecule has 2 aromatic rings. The maximum Gasteiger partial charge on any atom is 0.0266 e. The fourth-order valence-corrected chi connectivity index (χ4v) is 2.09. The quantitative estimate of drug-likeness (QED) is 0.863. The molecule has 1 atom stereocenters. The Balaban J connectivity index is 2.15. The number of aryl methyl sites for hydroxylation is 2. The van der Waals surface area contributed by atoms with E-state index in [0.717, 1.165) is 6.42 Å². The van der Waals surface area contributed by atoms with Crippen LogP contribution in [-0.4, -0.2) is 0 Å². The van der Waals surface area contributed by atoms with E-state index in [1.807, 2.05) is 6.92 Å². The molecule has 1 nitrogen and oxygen atoms in total. The van der Waals surface area contributed by atoms with Gasteiger partial charge in [-0.1, -0.05) is 42.5 Å². The summed E-state index contributed by atoms with van der Waals surface area (Å²) in [7, 11) is 0. The molecule has 0 aliphatic rings. The topological polar surface area (TPSA) is 26.0 Å². The maximum absolute atomic E-state index is 5.85. The maximum atomic E-state index is 5.85. The van der Waals surface area contributed by atoms with Crippen molar-refractivity contribution in [2.24, 2.45) is 5.73 Å². The molecule has 0 radical (unpaired) electrons. The summed E-state index contributed by atoms with van der Waals surface area (Å²) in [6.45, 7) is 6.33. The molecule has 94 valence electrons. The van der Waals surface area contributed by atoms with E-state index in [4.69, 9.17) is 5.73 Å². The van der Waals surface area contributed by atoms with Crippen molar-refractivity contribution in [3.63, 3.8) is 0 Å². The average molecular weight is 239 g/mol. The molecular formula is C17H21N. The number of hydrogen-bond donors (Lipinski definition) is 1. The zero-order valence-electron chi connectivity index (χ0n) is 11.4. The molecule has 0 heterocycles. The van der Waals surface area contributed by atoms with E-state index < -0.39 is 0 Å². The molecule has 0 aliphatic carbocycles. The minimum absolute atomic E-state index is 0.112. The van der Waals surface area contributed by atoms with Gasteiger partial charge < -0.3 is 5.73 Å². The third-order valence-electron chi connectivity index (χ3n) is 3.49. The highest BCUT2D eigenvalue weighted by Crippen LogP contribution is 2.16. The lowest BCUT2D eigenvalue weighted by atomic mass is 9.99. The zero-order chi connectivity index (χ0) is 13.1.